The number of aliphatic imine (C=N–C) groups is 1. The van der Waals surface area contributed by atoms with Crippen molar-refractivity contribution in [2.45, 2.75) is 42.1 Å². The summed E-state index contributed by atoms with van der Waals surface area (Å²) in [6.07, 6.45) is 0. The summed E-state index contributed by atoms with van der Waals surface area (Å²) in [7, 11) is 0. The zero-order chi connectivity index (χ0) is 19.2. The number of nitrogens with zero attached hydrogens (tertiary/aromatic N) is 2. The van der Waals surface area contributed by atoms with Gasteiger partial charge in [0.2, 0.25) is 11.8 Å². The Kier molecular flexibility index (Phi) is 4.43. The van der Waals surface area contributed by atoms with Gasteiger partial charge in [-0.1, -0.05) is 12.1 Å². The van der Waals surface area contributed by atoms with E-state index in [0.717, 1.165) is 0 Å². The Balaban J connectivity index is 1.75. The summed E-state index contributed by atoms with van der Waals surface area (Å²) in [5, 5.41) is 21.0. The lowest BCUT2D eigenvalue weighted by Gasteiger charge is -2.43. The highest BCUT2D eigenvalue weighted by Crippen LogP contribution is 2.50. The summed E-state index contributed by atoms with van der Waals surface area (Å²) in [6.45, 7) is 6.96. The SMILES string of the molecule is C=NC(C(=O)NC1C(=O)N2C1SC(C)(C)C2C(=O)O)c1ccc(O)cc1. The highest BCUT2D eigenvalue weighted by atomic mass is 32.2. The van der Waals surface area contributed by atoms with Crippen molar-refractivity contribution in [3.8, 4) is 5.75 Å². The molecule has 2 fully saturated rings. The van der Waals surface area contributed by atoms with Gasteiger partial charge >= 0.3 is 5.97 Å². The van der Waals surface area contributed by atoms with E-state index >= 15 is 0 Å². The third kappa shape index (κ3) is 2.82. The van der Waals surface area contributed by atoms with E-state index in [1.165, 1.54) is 28.8 Å². The molecule has 2 aliphatic heterocycles. The van der Waals surface area contributed by atoms with E-state index in [1.54, 1.807) is 26.0 Å². The maximum Gasteiger partial charge on any atom is 0.327 e. The van der Waals surface area contributed by atoms with E-state index in [9.17, 15) is 24.6 Å². The number of phenolic OH excluding ortho intramolecular Hbond substituents is 1. The molecule has 0 aromatic heterocycles. The summed E-state index contributed by atoms with van der Waals surface area (Å²) in [5.74, 6) is -1.91. The molecule has 2 amide bonds. The van der Waals surface area contributed by atoms with Gasteiger partial charge in [0.15, 0.2) is 6.04 Å². The number of carbonyl (C=O) groups is 3. The zero-order valence-corrected chi connectivity index (χ0v) is 15.1. The van der Waals surface area contributed by atoms with Gasteiger partial charge in [0.1, 0.15) is 23.2 Å². The molecule has 4 unspecified atom stereocenters. The van der Waals surface area contributed by atoms with Crippen LogP contribution in [0, 0.1) is 0 Å². The van der Waals surface area contributed by atoms with Crippen molar-refractivity contribution < 1.29 is 24.6 Å². The summed E-state index contributed by atoms with van der Waals surface area (Å²) >= 11 is 1.36. The van der Waals surface area contributed by atoms with Gasteiger partial charge in [-0.25, -0.2) is 4.79 Å². The molecular formula is C17H19N3O5S. The second-order valence-corrected chi connectivity index (χ2v) is 8.53. The Hall–Kier alpha value is -2.55. The maximum atomic E-state index is 12.6. The molecule has 138 valence electrons. The first-order chi connectivity index (χ1) is 12.2. The molecule has 9 heteroatoms. The Bertz CT molecular complexity index is 779. The number of carboxylic acids is 1. The van der Waals surface area contributed by atoms with Crippen molar-refractivity contribution in [1.29, 1.82) is 0 Å². The standard InChI is InChI=1S/C17H19N3O5S/c1-17(2)12(16(24)25)20-14(23)11(15(20)26-17)19-13(22)10(18-3)8-4-6-9(21)7-5-8/h4-7,10-12,15,21H,3H2,1-2H3,(H,19,22)(H,24,25). The molecule has 0 saturated carbocycles. The van der Waals surface area contributed by atoms with Gasteiger partial charge in [-0.2, -0.15) is 0 Å². The van der Waals surface area contributed by atoms with Gasteiger partial charge in [0.25, 0.3) is 0 Å². The molecule has 1 aromatic rings. The molecule has 3 rings (SSSR count). The third-order valence-electron chi connectivity index (χ3n) is 4.61. The second kappa shape index (κ2) is 6.31. The molecule has 1 aromatic carbocycles. The van der Waals surface area contributed by atoms with Crippen LogP contribution in [0.15, 0.2) is 29.3 Å². The number of thioether (sulfide) groups is 1. The highest BCUT2D eigenvalue weighted by Gasteiger charge is 2.64. The fourth-order valence-corrected chi connectivity index (χ4v) is 5.00. The molecule has 2 saturated heterocycles. The van der Waals surface area contributed by atoms with Crippen molar-refractivity contribution >= 4 is 36.3 Å². The molecule has 26 heavy (non-hydrogen) atoms. The van der Waals surface area contributed by atoms with E-state index in [2.05, 4.69) is 17.0 Å². The van der Waals surface area contributed by atoms with Crippen molar-refractivity contribution in [2.75, 3.05) is 0 Å². The van der Waals surface area contributed by atoms with Crippen LogP contribution in [0.5, 0.6) is 5.75 Å². The lowest BCUT2D eigenvalue weighted by molar-refractivity contribution is -0.161. The molecule has 8 nitrogen and oxygen atoms in total. The number of rotatable bonds is 5. The predicted octanol–water partition coefficient (Wildman–Crippen LogP) is 0.766. The zero-order valence-electron chi connectivity index (χ0n) is 14.2. The van der Waals surface area contributed by atoms with E-state index in [-0.39, 0.29) is 5.75 Å². The number of aromatic hydroxyl groups is 1. The van der Waals surface area contributed by atoms with Crippen LogP contribution in [0.4, 0.5) is 0 Å². The smallest absolute Gasteiger partial charge is 0.327 e. The van der Waals surface area contributed by atoms with Gasteiger partial charge in [0.05, 0.1) is 0 Å². The van der Waals surface area contributed by atoms with Crippen molar-refractivity contribution in [1.82, 2.24) is 10.2 Å². The van der Waals surface area contributed by atoms with E-state index in [1.807, 2.05) is 0 Å². The Morgan fingerprint density at radius 2 is 1.96 bits per heavy atom. The predicted molar refractivity (Wildman–Crippen MR) is 96.1 cm³/mol. The van der Waals surface area contributed by atoms with Crippen LogP contribution >= 0.6 is 11.8 Å². The molecule has 0 bridgehead atoms. The van der Waals surface area contributed by atoms with Crippen molar-refractivity contribution in [3.63, 3.8) is 0 Å². The number of nitrogens with one attached hydrogen (secondary N) is 1. The number of fused-ring (bicyclic) bond motifs is 1. The molecule has 0 aliphatic carbocycles. The molecule has 0 radical (unpaired) electrons. The van der Waals surface area contributed by atoms with Crippen molar-refractivity contribution in [3.05, 3.63) is 29.8 Å². The first-order valence-corrected chi connectivity index (χ1v) is 8.83. The average molecular weight is 377 g/mol. The minimum atomic E-state index is -1.06. The minimum Gasteiger partial charge on any atom is -0.508 e. The summed E-state index contributed by atoms with van der Waals surface area (Å²) in [4.78, 5) is 41.6. The first-order valence-electron chi connectivity index (χ1n) is 7.95. The van der Waals surface area contributed by atoms with Crippen molar-refractivity contribution in [2.24, 2.45) is 4.99 Å². The van der Waals surface area contributed by atoms with Crippen LogP contribution in [0.3, 0.4) is 0 Å². The Morgan fingerprint density at radius 3 is 2.50 bits per heavy atom. The summed E-state index contributed by atoms with van der Waals surface area (Å²) in [5.41, 5.74) is 0.529. The topological polar surface area (TPSA) is 119 Å². The largest absolute Gasteiger partial charge is 0.508 e. The van der Waals surface area contributed by atoms with Crippen LogP contribution in [0.1, 0.15) is 25.5 Å². The fraction of sp³-hybridized carbons (Fsp3) is 0.412. The maximum absolute atomic E-state index is 12.6. The molecular weight excluding hydrogens is 358 g/mol. The third-order valence-corrected chi connectivity index (χ3v) is 6.18. The number of aliphatic carboxylic acids is 1. The van der Waals surface area contributed by atoms with Crippen LogP contribution in [0.2, 0.25) is 0 Å². The molecule has 3 N–H and O–H groups in total. The lowest BCUT2D eigenvalue weighted by atomic mass is 9.95. The normalized spacial score (nSPS) is 27.2. The van der Waals surface area contributed by atoms with Crippen LogP contribution < -0.4 is 5.32 Å². The number of hydrogen-bond acceptors (Lipinski definition) is 6. The van der Waals surface area contributed by atoms with E-state index in [0.29, 0.717) is 5.56 Å². The molecule has 4 atom stereocenters. The number of hydrogen-bond donors (Lipinski definition) is 3. The second-order valence-electron chi connectivity index (χ2n) is 6.76. The number of β-lactam (4-membered cyclic amide) rings is 1. The minimum absolute atomic E-state index is 0.0612. The highest BCUT2D eigenvalue weighted by molar-refractivity contribution is 8.01. The van der Waals surface area contributed by atoms with Crippen LogP contribution in [-0.2, 0) is 14.4 Å². The number of phenols is 1. The molecule has 2 heterocycles. The monoisotopic (exact) mass is 377 g/mol. The average Bonchev–Trinajstić information content (AvgIpc) is 2.83. The van der Waals surface area contributed by atoms with Gasteiger partial charge in [-0.05, 0) is 38.3 Å². The Labute approximate surface area is 154 Å². The number of carboxylic acid groups (broad SMARTS) is 1. The number of benzene rings is 1. The quantitative estimate of drug-likeness (QED) is 0.515. The fourth-order valence-electron chi connectivity index (χ4n) is 3.37. The first kappa shape index (κ1) is 18.2. The van der Waals surface area contributed by atoms with Gasteiger partial charge in [0, 0.05) is 4.75 Å². The van der Waals surface area contributed by atoms with E-state index in [4.69, 9.17) is 0 Å². The van der Waals surface area contributed by atoms with E-state index < -0.39 is 46.0 Å². The molecule has 2 aliphatic rings. The molecule has 0 spiro atoms. The van der Waals surface area contributed by atoms with Gasteiger partial charge in [-0.3, -0.25) is 14.6 Å². The Morgan fingerprint density at radius 1 is 1.35 bits per heavy atom. The van der Waals surface area contributed by atoms with Gasteiger partial charge in [-0.15, -0.1) is 11.8 Å². The number of carbonyl (C=O) groups excluding carboxylic acids is 2. The lowest BCUT2D eigenvalue weighted by Crippen LogP contribution is -2.70. The van der Waals surface area contributed by atoms with Crippen LogP contribution in [-0.4, -0.2) is 61.8 Å². The number of amides is 2. The van der Waals surface area contributed by atoms with Crippen LogP contribution in [0.25, 0.3) is 0 Å². The summed E-state index contributed by atoms with van der Waals surface area (Å²) < 4.78 is -0.654. The van der Waals surface area contributed by atoms with Gasteiger partial charge < -0.3 is 20.4 Å². The summed E-state index contributed by atoms with van der Waals surface area (Å²) in [6, 6.07) is 3.33.